The molecule has 1 N–H and O–H groups in total. The summed E-state index contributed by atoms with van der Waals surface area (Å²) in [6, 6.07) is 3.03. The Bertz CT molecular complexity index is 302. The van der Waals surface area contributed by atoms with Crippen molar-refractivity contribution in [1.82, 2.24) is 0 Å². The molecule has 1 aromatic carbocycles. The predicted molar refractivity (Wildman–Crippen MR) is 48.2 cm³/mol. The van der Waals surface area contributed by atoms with E-state index in [1.807, 2.05) is 0 Å². The number of hydrogen-bond acceptors (Lipinski definition) is 2. The summed E-state index contributed by atoms with van der Waals surface area (Å²) < 4.78 is 30.8. The Morgan fingerprint density at radius 3 is 2.79 bits per heavy atom. The molecule has 1 aromatic rings. The SMILES string of the molecule is C[C@H](CCO)Oc1cc(F)ccc1F. The van der Waals surface area contributed by atoms with E-state index in [-0.39, 0.29) is 18.5 Å². The fourth-order valence-electron chi connectivity index (χ4n) is 1.02. The van der Waals surface area contributed by atoms with Gasteiger partial charge in [0.15, 0.2) is 11.6 Å². The van der Waals surface area contributed by atoms with Crippen molar-refractivity contribution in [3.63, 3.8) is 0 Å². The van der Waals surface area contributed by atoms with Crippen LogP contribution in [0.25, 0.3) is 0 Å². The zero-order valence-electron chi connectivity index (χ0n) is 7.84. The van der Waals surface area contributed by atoms with Gasteiger partial charge in [-0.05, 0) is 19.1 Å². The van der Waals surface area contributed by atoms with E-state index in [1.165, 1.54) is 0 Å². The number of hydrogen-bond donors (Lipinski definition) is 1. The van der Waals surface area contributed by atoms with E-state index in [0.29, 0.717) is 6.42 Å². The fourth-order valence-corrected chi connectivity index (χ4v) is 1.02. The average Bonchev–Trinajstić information content (AvgIpc) is 2.12. The largest absolute Gasteiger partial charge is 0.487 e. The first kappa shape index (κ1) is 10.9. The molecule has 1 rings (SSSR count). The van der Waals surface area contributed by atoms with Crippen molar-refractivity contribution < 1.29 is 18.6 Å². The van der Waals surface area contributed by atoms with E-state index >= 15 is 0 Å². The zero-order valence-corrected chi connectivity index (χ0v) is 7.84. The summed E-state index contributed by atoms with van der Waals surface area (Å²) in [5.41, 5.74) is 0. The molecule has 0 saturated heterocycles. The Balaban J connectivity index is 2.70. The van der Waals surface area contributed by atoms with Crippen LogP contribution in [0.4, 0.5) is 8.78 Å². The van der Waals surface area contributed by atoms with Gasteiger partial charge >= 0.3 is 0 Å². The predicted octanol–water partition coefficient (Wildman–Crippen LogP) is 2.11. The maximum atomic E-state index is 13.0. The Kier molecular flexibility index (Phi) is 3.83. The number of rotatable bonds is 4. The molecular formula is C10H12F2O2. The first-order chi connectivity index (χ1) is 6.63. The van der Waals surface area contributed by atoms with Crippen molar-refractivity contribution >= 4 is 0 Å². The summed E-state index contributed by atoms with van der Waals surface area (Å²) in [7, 11) is 0. The van der Waals surface area contributed by atoms with Crippen LogP contribution in [0.2, 0.25) is 0 Å². The molecule has 0 heterocycles. The van der Waals surface area contributed by atoms with Gasteiger partial charge in [-0.15, -0.1) is 0 Å². The van der Waals surface area contributed by atoms with Crippen molar-refractivity contribution in [3.8, 4) is 5.75 Å². The van der Waals surface area contributed by atoms with Crippen molar-refractivity contribution in [3.05, 3.63) is 29.8 Å². The highest BCUT2D eigenvalue weighted by molar-refractivity contribution is 5.25. The molecule has 0 aromatic heterocycles. The van der Waals surface area contributed by atoms with Crippen LogP contribution >= 0.6 is 0 Å². The topological polar surface area (TPSA) is 29.5 Å². The second-order valence-corrected chi connectivity index (χ2v) is 3.02. The van der Waals surface area contributed by atoms with Crippen molar-refractivity contribution in [1.29, 1.82) is 0 Å². The molecule has 0 bridgehead atoms. The normalized spacial score (nSPS) is 12.6. The van der Waals surface area contributed by atoms with Gasteiger partial charge in [-0.2, -0.15) is 0 Å². The molecule has 0 aliphatic rings. The minimum Gasteiger partial charge on any atom is -0.487 e. The smallest absolute Gasteiger partial charge is 0.165 e. The molecule has 4 heteroatoms. The maximum absolute atomic E-state index is 13.0. The minimum atomic E-state index is -0.601. The standard InChI is InChI=1S/C10H12F2O2/c1-7(4-5-13)14-10-6-8(11)2-3-9(10)12/h2-3,6-7,13H,4-5H2,1H3/t7-/m1/s1. The van der Waals surface area contributed by atoms with Gasteiger partial charge in [-0.1, -0.05) is 0 Å². The molecule has 78 valence electrons. The van der Waals surface area contributed by atoms with Gasteiger partial charge in [-0.25, -0.2) is 8.78 Å². The first-order valence-electron chi connectivity index (χ1n) is 4.36. The lowest BCUT2D eigenvalue weighted by atomic mass is 10.3. The number of aliphatic hydroxyl groups is 1. The third kappa shape index (κ3) is 2.96. The van der Waals surface area contributed by atoms with Crippen LogP contribution in [0.3, 0.4) is 0 Å². The van der Waals surface area contributed by atoms with E-state index in [4.69, 9.17) is 9.84 Å². The average molecular weight is 202 g/mol. The number of benzene rings is 1. The Hall–Kier alpha value is -1.16. The van der Waals surface area contributed by atoms with Gasteiger partial charge in [0.05, 0.1) is 6.10 Å². The summed E-state index contributed by atoms with van der Waals surface area (Å²) in [6.07, 6.45) is 0.0481. The first-order valence-corrected chi connectivity index (χ1v) is 4.36. The second kappa shape index (κ2) is 4.91. The van der Waals surface area contributed by atoms with Gasteiger partial charge in [-0.3, -0.25) is 0 Å². The molecule has 0 aliphatic heterocycles. The Labute approximate surface area is 81.1 Å². The van der Waals surface area contributed by atoms with Crippen molar-refractivity contribution in [2.24, 2.45) is 0 Å². The van der Waals surface area contributed by atoms with Crippen LogP contribution in [0.1, 0.15) is 13.3 Å². The van der Waals surface area contributed by atoms with Gasteiger partial charge in [0.2, 0.25) is 0 Å². The molecular weight excluding hydrogens is 190 g/mol. The lowest BCUT2D eigenvalue weighted by molar-refractivity contribution is 0.163. The summed E-state index contributed by atoms with van der Waals surface area (Å²) in [4.78, 5) is 0. The third-order valence-corrected chi connectivity index (χ3v) is 1.76. The van der Waals surface area contributed by atoms with Crippen LogP contribution in [0.5, 0.6) is 5.75 Å². The summed E-state index contributed by atoms with van der Waals surface area (Å²) in [6.45, 7) is 1.64. The Morgan fingerprint density at radius 2 is 2.14 bits per heavy atom. The van der Waals surface area contributed by atoms with Gasteiger partial charge in [0.25, 0.3) is 0 Å². The molecule has 0 amide bonds. The fraction of sp³-hybridized carbons (Fsp3) is 0.400. The van der Waals surface area contributed by atoms with Crippen LogP contribution < -0.4 is 4.74 Å². The van der Waals surface area contributed by atoms with Gasteiger partial charge in [0, 0.05) is 19.1 Å². The molecule has 0 fully saturated rings. The second-order valence-electron chi connectivity index (χ2n) is 3.02. The van der Waals surface area contributed by atoms with Gasteiger partial charge in [0.1, 0.15) is 5.82 Å². The van der Waals surface area contributed by atoms with E-state index in [2.05, 4.69) is 0 Å². The molecule has 0 saturated carbocycles. The summed E-state index contributed by atoms with van der Waals surface area (Å²) in [5.74, 6) is -1.26. The van der Waals surface area contributed by atoms with Crippen LogP contribution in [0, 0.1) is 11.6 Å². The van der Waals surface area contributed by atoms with Gasteiger partial charge < -0.3 is 9.84 Å². The van der Waals surface area contributed by atoms with Crippen LogP contribution in [0.15, 0.2) is 18.2 Å². The lowest BCUT2D eigenvalue weighted by Crippen LogP contribution is -2.14. The summed E-state index contributed by atoms with van der Waals surface area (Å²) in [5, 5.41) is 8.59. The monoisotopic (exact) mass is 202 g/mol. The van der Waals surface area contributed by atoms with Crippen molar-refractivity contribution in [2.75, 3.05) is 6.61 Å². The van der Waals surface area contributed by atoms with E-state index < -0.39 is 11.6 Å². The van der Waals surface area contributed by atoms with Crippen LogP contribution in [-0.4, -0.2) is 17.8 Å². The minimum absolute atomic E-state index is 0.0436. The van der Waals surface area contributed by atoms with E-state index in [0.717, 1.165) is 18.2 Å². The van der Waals surface area contributed by atoms with Crippen LogP contribution in [-0.2, 0) is 0 Å². The van der Waals surface area contributed by atoms with E-state index in [9.17, 15) is 8.78 Å². The molecule has 0 aliphatic carbocycles. The molecule has 0 radical (unpaired) electrons. The Morgan fingerprint density at radius 1 is 1.43 bits per heavy atom. The highest BCUT2D eigenvalue weighted by atomic mass is 19.1. The molecule has 1 atom stereocenters. The quantitative estimate of drug-likeness (QED) is 0.810. The molecule has 14 heavy (non-hydrogen) atoms. The highest BCUT2D eigenvalue weighted by Crippen LogP contribution is 2.19. The van der Waals surface area contributed by atoms with Crippen molar-refractivity contribution in [2.45, 2.75) is 19.4 Å². The highest BCUT2D eigenvalue weighted by Gasteiger charge is 2.08. The maximum Gasteiger partial charge on any atom is 0.165 e. The molecule has 0 unspecified atom stereocenters. The third-order valence-electron chi connectivity index (χ3n) is 1.76. The zero-order chi connectivity index (χ0) is 10.6. The number of ether oxygens (including phenoxy) is 1. The molecule has 2 nitrogen and oxygen atoms in total. The number of aliphatic hydroxyl groups excluding tert-OH is 1. The number of halogens is 2. The molecule has 0 spiro atoms. The lowest BCUT2D eigenvalue weighted by Gasteiger charge is -2.13. The summed E-state index contributed by atoms with van der Waals surface area (Å²) >= 11 is 0. The van der Waals surface area contributed by atoms with E-state index in [1.54, 1.807) is 6.92 Å².